The molecule has 2 aliphatic rings. The average molecular weight is 472 g/mol. The quantitative estimate of drug-likeness (QED) is 0.420. The van der Waals surface area contributed by atoms with Crippen LogP contribution in [-0.4, -0.2) is 46.1 Å². The Hall–Kier alpha value is -3.29. The molecule has 8 heteroatoms. The number of benzene rings is 1. The number of aromatic nitrogens is 4. The van der Waals surface area contributed by atoms with Gasteiger partial charge in [-0.25, -0.2) is 15.0 Å². The number of hydrogen-bond acceptors (Lipinski definition) is 7. The molecule has 0 bridgehead atoms. The van der Waals surface area contributed by atoms with E-state index in [4.69, 9.17) is 21.6 Å². The Bertz CT molecular complexity index is 1360. The average Bonchev–Trinajstić information content (AvgIpc) is 3.71. The molecule has 0 radical (unpaired) electrons. The van der Waals surface area contributed by atoms with Gasteiger partial charge in [-0.1, -0.05) is 17.7 Å². The van der Waals surface area contributed by atoms with Gasteiger partial charge in [-0.3, -0.25) is 4.98 Å². The molecule has 0 spiro atoms. The highest BCUT2D eigenvalue weighted by Crippen LogP contribution is 2.44. The predicted octanol–water partition coefficient (Wildman–Crippen LogP) is 5.08. The summed E-state index contributed by atoms with van der Waals surface area (Å²) >= 11 is 6.42. The standard InChI is InChI=1S/C26H26ClN7/c1-16-2-5-21(20(27)12-16)31-23-13-18(6-7-30-23)25-32-22-15-29-14-19(17-3-4-17)24(22)26(33-25)34-10-8-28-9-11-34/h2,5-7,12-15,17,28H,3-4,8-11H2,1H3,(H,30,31). The minimum absolute atomic E-state index is 0.573. The summed E-state index contributed by atoms with van der Waals surface area (Å²) in [7, 11) is 0. The van der Waals surface area contributed by atoms with Gasteiger partial charge >= 0.3 is 0 Å². The van der Waals surface area contributed by atoms with Crippen LogP contribution in [0.25, 0.3) is 22.3 Å². The molecule has 6 rings (SSSR count). The zero-order valence-electron chi connectivity index (χ0n) is 19.1. The fraction of sp³-hybridized carbons (Fsp3) is 0.308. The Morgan fingerprint density at radius 1 is 1.06 bits per heavy atom. The Kier molecular flexibility index (Phi) is 5.51. The number of aryl methyl sites for hydroxylation is 1. The van der Waals surface area contributed by atoms with Gasteiger partial charge in [0.05, 0.1) is 22.4 Å². The third kappa shape index (κ3) is 4.17. The highest BCUT2D eigenvalue weighted by Gasteiger charge is 2.29. The molecule has 3 aromatic heterocycles. The molecule has 0 atom stereocenters. The second-order valence-corrected chi connectivity index (χ2v) is 9.45. The van der Waals surface area contributed by atoms with E-state index in [0.717, 1.165) is 59.7 Å². The van der Waals surface area contributed by atoms with Crippen LogP contribution in [0.4, 0.5) is 17.3 Å². The van der Waals surface area contributed by atoms with Gasteiger partial charge in [-0.15, -0.1) is 0 Å². The monoisotopic (exact) mass is 471 g/mol. The minimum Gasteiger partial charge on any atom is -0.353 e. The lowest BCUT2D eigenvalue weighted by Gasteiger charge is -2.30. The summed E-state index contributed by atoms with van der Waals surface area (Å²) in [5.41, 5.74) is 5.01. The molecule has 1 aliphatic heterocycles. The Morgan fingerprint density at radius 3 is 2.71 bits per heavy atom. The van der Waals surface area contributed by atoms with Crippen LogP contribution in [0.3, 0.4) is 0 Å². The number of nitrogens with one attached hydrogen (secondary N) is 2. The predicted molar refractivity (Wildman–Crippen MR) is 137 cm³/mol. The van der Waals surface area contributed by atoms with Crippen molar-refractivity contribution < 1.29 is 0 Å². The number of hydrogen-bond donors (Lipinski definition) is 2. The van der Waals surface area contributed by atoms with Gasteiger partial charge in [0.1, 0.15) is 11.6 Å². The van der Waals surface area contributed by atoms with Gasteiger partial charge < -0.3 is 15.5 Å². The summed E-state index contributed by atoms with van der Waals surface area (Å²) < 4.78 is 0. The number of rotatable bonds is 5. The number of nitrogens with zero attached hydrogens (tertiary/aromatic N) is 5. The summed E-state index contributed by atoms with van der Waals surface area (Å²) in [4.78, 5) is 21.5. The van der Waals surface area contributed by atoms with E-state index < -0.39 is 0 Å². The van der Waals surface area contributed by atoms with Gasteiger partial charge in [-0.2, -0.15) is 0 Å². The van der Waals surface area contributed by atoms with Crippen LogP contribution in [0.15, 0.2) is 48.9 Å². The van der Waals surface area contributed by atoms with Crippen molar-refractivity contribution in [1.82, 2.24) is 25.3 Å². The molecule has 2 fully saturated rings. The van der Waals surface area contributed by atoms with Crippen molar-refractivity contribution in [3.8, 4) is 11.4 Å². The molecule has 4 aromatic rings. The maximum atomic E-state index is 6.42. The van der Waals surface area contributed by atoms with Gasteiger partial charge in [0, 0.05) is 49.5 Å². The molecule has 34 heavy (non-hydrogen) atoms. The minimum atomic E-state index is 0.573. The van der Waals surface area contributed by atoms with Crippen molar-refractivity contribution in [3.63, 3.8) is 0 Å². The molecule has 0 amide bonds. The van der Waals surface area contributed by atoms with Crippen LogP contribution < -0.4 is 15.5 Å². The van der Waals surface area contributed by atoms with Crippen LogP contribution in [0, 0.1) is 6.92 Å². The Balaban J connectivity index is 1.43. The molecular weight excluding hydrogens is 446 g/mol. The number of pyridine rings is 2. The fourth-order valence-electron chi connectivity index (χ4n) is 4.52. The molecule has 1 aromatic carbocycles. The Labute approximate surface area is 203 Å². The van der Waals surface area contributed by atoms with E-state index in [1.807, 2.05) is 49.6 Å². The number of fused-ring (bicyclic) bond motifs is 1. The van der Waals surface area contributed by atoms with E-state index >= 15 is 0 Å². The van der Waals surface area contributed by atoms with Crippen molar-refractivity contribution in [2.24, 2.45) is 0 Å². The molecule has 1 saturated carbocycles. The zero-order valence-corrected chi connectivity index (χ0v) is 19.8. The summed E-state index contributed by atoms with van der Waals surface area (Å²) in [6, 6.07) is 9.84. The third-order valence-corrected chi connectivity index (χ3v) is 6.77. The second-order valence-electron chi connectivity index (χ2n) is 9.04. The molecule has 7 nitrogen and oxygen atoms in total. The maximum absolute atomic E-state index is 6.42. The summed E-state index contributed by atoms with van der Waals surface area (Å²) in [5, 5.41) is 8.59. The van der Waals surface area contributed by atoms with Gasteiger partial charge in [0.2, 0.25) is 0 Å². The van der Waals surface area contributed by atoms with E-state index in [9.17, 15) is 0 Å². The van der Waals surface area contributed by atoms with Gasteiger partial charge in [0.15, 0.2) is 5.82 Å². The van der Waals surface area contributed by atoms with Crippen LogP contribution >= 0.6 is 11.6 Å². The van der Waals surface area contributed by atoms with Crippen molar-refractivity contribution in [2.45, 2.75) is 25.7 Å². The fourth-order valence-corrected chi connectivity index (χ4v) is 4.81. The SMILES string of the molecule is Cc1ccc(Nc2cc(-c3nc(N4CCNCC4)c4c(C5CC5)cncc4n3)ccn2)c(Cl)c1. The van der Waals surface area contributed by atoms with Gasteiger partial charge in [0.25, 0.3) is 0 Å². The van der Waals surface area contributed by atoms with Crippen molar-refractivity contribution >= 4 is 39.8 Å². The van der Waals surface area contributed by atoms with Crippen LogP contribution in [0.5, 0.6) is 0 Å². The van der Waals surface area contributed by atoms with E-state index in [1.165, 1.54) is 18.4 Å². The van der Waals surface area contributed by atoms with E-state index in [0.29, 0.717) is 22.6 Å². The smallest absolute Gasteiger partial charge is 0.162 e. The number of anilines is 3. The first-order valence-electron chi connectivity index (χ1n) is 11.8. The topological polar surface area (TPSA) is 78.9 Å². The highest BCUT2D eigenvalue weighted by atomic mass is 35.5. The Morgan fingerprint density at radius 2 is 1.91 bits per heavy atom. The zero-order chi connectivity index (χ0) is 23.1. The molecule has 4 heterocycles. The molecule has 2 N–H and O–H groups in total. The van der Waals surface area contributed by atoms with Crippen LogP contribution in [0.2, 0.25) is 5.02 Å². The lowest BCUT2D eigenvalue weighted by atomic mass is 10.1. The summed E-state index contributed by atoms with van der Waals surface area (Å²) in [6.45, 7) is 5.77. The van der Waals surface area contributed by atoms with E-state index in [2.05, 4.69) is 25.5 Å². The van der Waals surface area contributed by atoms with Crippen molar-refractivity contribution in [3.05, 3.63) is 65.1 Å². The van der Waals surface area contributed by atoms with Gasteiger partial charge in [-0.05, 0) is 61.1 Å². The summed E-state index contributed by atoms with van der Waals surface area (Å²) in [6.07, 6.45) is 8.07. The highest BCUT2D eigenvalue weighted by molar-refractivity contribution is 6.33. The van der Waals surface area contributed by atoms with Crippen LogP contribution in [-0.2, 0) is 0 Å². The molecule has 0 unspecified atom stereocenters. The normalized spacial score (nSPS) is 16.1. The van der Waals surface area contributed by atoms with E-state index in [-0.39, 0.29) is 0 Å². The summed E-state index contributed by atoms with van der Waals surface area (Å²) in [5.74, 6) is 2.96. The first-order chi connectivity index (χ1) is 16.7. The first kappa shape index (κ1) is 21.3. The number of piperazine rings is 1. The molecule has 172 valence electrons. The second kappa shape index (κ2) is 8.81. The number of halogens is 1. The molecule has 1 aliphatic carbocycles. The van der Waals surface area contributed by atoms with Crippen molar-refractivity contribution in [2.75, 3.05) is 36.4 Å². The van der Waals surface area contributed by atoms with E-state index in [1.54, 1.807) is 6.20 Å². The van der Waals surface area contributed by atoms with Crippen LogP contribution in [0.1, 0.15) is 29.9 Å². The lowest BCUT2D eigenvalue weighted by Crippen LogP contribution is -2.44. The lowest BCUT2D eigenvalue weighted by molar-refractivity contribution is 0.586. The maximum Gasteiger partial charge on any atom is 0.162 e. The van der Waals surface area contributed by atoms with Crippen molar-refractivity contribution in [1.29, 1.82) is 0 Å². The largest absolute Gasteiger partial charge is 0.353 e. The third-order valence-electron chi connectivity index (χ3n) is 6.46. The molecule has 1 saturated heterocycles. The first-order valence-corrected chi connectivity index (χ1v) is 12.1. The molecular formula is C26H26ClN7.